The molecule has 20 heavy (non-hydrogen) atoms. The highest BCUT2D eigenvalue weighted by molar-refractivity contribution is 5.63. The van der Waals surface area contributed by atoms with Crippen molar-refractivity contribution in [2.45, 2.75) is 32.3 Å². The molecule has 1 heterocycles. The van der Waals surface area contributed by atoms with Gasteiger partial charge in [0.2, 0.25) is 5.82 Å². The standard InChI is InChI=1S/C14H18N2O4/c1-4-14(5-2,19-3)13-15-12(20-16-13)10-7-6-9(17)8-11(10)18/h6-8,17-18H,4-5H2,1-3H3. The second-order valence-corrected chi connectivity index (χ2v) is 4.53. The third-order valence-electron chi connectivity index (χ3n) is 3.58. The average molecular weight is 278 g/mol. The number of phenols is 2. The fraction of sp³-hybridized carbons (Fsp3) is 0.429. The van der Waals surface area contributed by atoms with Gasteiger partial charge in [-0.15, -0.1) is 0 Å². The Balaban J connectivity index is 2.42. The maximum absolute atomic E-state index is 9.81. The molecule has 0 radical (unpaired) electrons. The first kappa shape index (κ1) is 14.3. The lowest BCUT2D eigenvalue weighted by Gasteiger charge is -2.25. The molecule has 2 aromatic rings. The fourth-order valence-corrected chi connectivity index (χ4v) is 2.17. The van der Waals surface area contributed by atoms with Gasteiger partial charge in [0.05, 0.1) is 5.56 Å². The molecular weight excluding hydrogens is 260 g/mol. The molecule has 0 atom stereocenters. The summed E-state index contributed by atoms with van der Waals surface area (Å²) in [7, 11) is 1.61. The number of aromatic nitrogens is 2. The summed E-state index contributed by atoms with van der Waals surface area (Å²) in [6, 6.07) is 4.19. The summed E-state index contributed by atoms with van der Waals surface area (Å²) in [4.78, 5) is 4.31. The van der Waals surface area contributed by atoms with Gasteiger partial charge in [0, 0.05) is 13.2 Å². The maximum atomic E-state index is 9.81. The van der Waals surface area contributed by atoms with Crippen LogP contribution in [0.3, 0.4) is 0 Å². The molecule has 0 aliphatic rings. The van der Waals surface area contributed by atoms with Crippen LogP contribution in [0.1, 0.15) is 32.5 Å². The van der Waals surface area contributed by atoms with Crippen molar-refractivity contribution in [1.82, 2.24) is 10.1 Å². The molecule has 0 aliphatic heterocycles. The van der Waals surface area contributed by atoms with Crippen LogP contribution in [0, 0.1) is 0 Å². The smallest absolute Gasteiger partial charge is 0.261 e. The number of rotatable bonds is 5. The minimum absolute atomic E-state index is 0.0284. The van der Waals surface area contributed by atoms with Crippen LogP contribution in [-0.4, -0.2) is 27.5 Å². The molecule has 0 aliphatic carbocycles. The Labute approximate surface area is 117 Å². The Kier molecular flexibility index (Phi) is 3.94. The minimum atomic E-state index is -0.589. The summed E-state index contributed by atoms with van der Waals surface area (Å²) in [6.07, 6.45) is 1.42. The van der Waals surface area contributed by atoms with Gasteiger partial charge in [-0.1, -0.05) is 19.0 Å². The van der Waals surface area contributed by atoms with Crippen molar-refractivity contribution in [2.75, 3.05) is 7.11 Å². The molecule has 0 unspecified atom stereocenters. The number of benzene rings is 1. The van der Waals surface area contributed by atoms with Gasteiger partial charge in [0.15, 0.2) is 0 Å². The molecule has 108 valence electrons. The zero-order valence-corrected chi connectivity index (χ0v) is 11.8. The van der Waals surface area contributed by atoms with Gasteiger partial charge in [-0.3, -0.25) is 0 Å². The van der Waals surface area contributed by atoms with Crippen LogP contribution in [0.15, 0.2) is 22.7 Å². The minimum Gasteiger partial charge on any atom is -0.508 e. The van der Waals surface area contributed by atoms with Crippen LogP contribution >= 0.6 is 0 Å². The molecule has 2 N–H and O–H groups in total. The van der Waals surface area contributed by atoms with Crippen molar-refractivity contribution < 1.29 is 19.5 Å². The Bertz CT molecular complexity index is 582. The molecule has 0 amide bonds. The number of aromatic hydroxyl groups is 2. The second-order valence-electron chi connectivity index (χ2n) is 4.53. The monoisotopic (exact) mass is 278 g/mol. The third kappa shape index (κ3) is 2.34. The molecular formula is C14H18N2O4. The SMILES string of the molecule is CCC(CC)(OC)c1noc(-c2ccc(O)cc2O)n1. The third-order valence-corrected chi connectivity index (χ3v) is 3.58. The second kappa shape index (κ2) is 5.50. The molecule has 6 nitrogen and oxygen atoms in total. The lowest BCUT2D eigenvalue weighted by atomic mass is 9.96. The molecule has 0 spiro atoms. The predicted octanol–water partition coefficient (Wildman–Crippen LogP) is 2.81. The quantitative estimate of drug-likeness (QED) is 0.874. The molecule has 0 saturated carbocycles. The fourth-order valence-electron chi connectivity index (χ4n) is 2.17. The number of hydrogen-bond acceptors (Lipinski definition) is 6. The van der Waals surface area contributed by atoms with E-state index in [-0.39, 0.29) is 17.4 Å². The topological polar surface area (TPSA) is 88.6 Å². The first-order valence-electron chi connectivity index (χ1n) is 6.48. The summed E-state index contributed by atoms with van der Waals surface area (Å²) in [5, 5.41) is 23.1. The summed E-state index contributed by atoms with van der Waals surface area (Å²) in [5.74, 6) is 0.504. The molecule has 0 fully saturated rings. The van der Waals surface area contributed by atoms with Gasteiger partial charge in [0.25, 0.3) is 5.89 Å². The van der Waals surface area contributed by atoms with Crippen LogP contribution in [0.25, 0.3) is 11.5 Å². The van der Waals surface area contributed by atoms with E-state index in [2.05, 4.69) is 10.1 Å². The molecule has 1 aromatic carbocycles. The lowest BCUT2D eigenvalue weighted by Crippen LogP contribution is -2.28. The number of nitrogens with zero attached hydrogens (tertiary/aromatic N) is 2. The first-order valence-corrected chi connectivity index (χ1v) is 6.48. The highest BCUT2D eigenvalue weighted by Crippen LogP contribution is 2.34. The van der Waals surface area contributed by atoms with Crippen molar-refractivity contribution in [2.24, 2.45) is 0 Å². The number of methoxy groups -OCH3 is 1. The van der Waals surface area contributed by atoms with Crippen LogP contribution in [0.2, 0.25) is 0 Å². The van der Waals surface area contributed by atoms with Gasteiger partial charge < -0.3 is 19.5 Å². The van der Waals surface area contributed by atoms with E-state index in [0.29, 0.717) is 24.2 Å². The first-order chi connectivity index (χ1) is 9.56. The summed E-state index contributed by atoms with van der Waals surface area (Å²) >= 11 is 0. The normalized spacial score (nSPS) is 11.8. The van der Waals surface area contributed by atoms with E-state index < -0.39 is 5.60 Å². The predicted molar refractivity (Wildman–Crippen MR) is 72.3 cm³/mol. The maximum Gasteiger partial charge on any atom is 0.261 e. The van der Waals surface area contributed by atoms with Crippen molar-refractivity contribution in [1.29, 1.82) is 0 Å². The molecule has 1 aromatic heterocycles. The summed E-state index contributed by atoms with van der Waals surface area (Å²) < 4.78 is 10.7. The van der Waals surface area contributed by atoms with E-state index in [9.17, 15) is 10.2 Å². The highest BCUT2D eigenvalue weighted by Gasteiger charge is 2.34. The Morgan fingerprint density at radius 1 is 1.25 bits per heavy atom. The molecule has 6 heteroatoms. The number of hydrogen-bond donors (Lipinski definition) is 2. The van der Waals surface area contributed by atoms with Gasteiger partial charge in [-0.2, -0.15) is 4.98 Å². The van der Waals surface area contributed by atoms with Gasteiger partial charge in [-0.25, -0.2) is 0 Å². The van der Waals surface area contributed by atoms with E-state index in [1.165, 1.54) is 18.2 Å². The number of ether oxygens (including phenoxy) is 1. The largest absolute Gasteiger partial charge is 0.508 e. The van der Waals surface area contributed by atoms with Gasteiger partial charge in [0.1, 0.15) is 17.1 Å². The molecule has 0 saturated heterocycles. The van der Waals surface area contributed by atoms with Crippen LogP contribution in [0.4, 0.5) is 0 Å². The van der Waals surface area contributed by atoms with Crippen LogP contribution in [-0.2, 0) is 10.3 Å². The Hall–Kier alpha value is -2.08. The van der Waals surface area contributed by atoms with Crippen molar-refractivity contribution in [3.63, 3.8) is 0 Å². The van der Waals surface area contributed by atoms with Crippen LogP contribution in [0.5, 0.6) is 11.5 Å². The van der Waals surface area contributed by atoms with E-state index in [1.54, 1.807) is 7.11 Å². The van der Waals surface area contributed by atoms with Gasteiger partial charge >= 0.3 is 0 Å². The summed E-state index contributed by atoms with van der Waals surface area (Å²) in [5.41, 5.74) is -0.215. The van der Waals surface area contributed by atoms with E-state index >= 15 is 0 Å². The van der Waals surface area contributed by atoms with Crippen molar-refractivity contribution in [3.05, 3.63) is 24.0 Å². The Morgan fingerprint density at radius 3 is 2.50 bits per heavy atom. The molecule has 0 bridgehead atoms. The van der Waals surface area contributed by atoms with E-state index in [4.69, 9.17) is 9.26 Å². The number of phenolic OH excluding ortho intramolecular Hbond substituents is 2. The molecule has 2 rings (SSSR count). The van der Waals surface area contributed by atoms with Crippen LogP contribution < -0.4 is 0 Å². The van der Waals surface area contributed by atoms with Crippen molar-refractivity contribution in [3.8, 4) is 23.0 Å². The highest BCUT2D eigenvalue weighted by atomic mass is 16.5. The summed E-state index contributed by atoms with van der Waals surface area (Å²) in [6.45, 7) is 3.97. The van der Waals surface area contributed by atoms with Crippen molar-refractivity contribution >= 4 is 0 Å². The van der Waals surface area contributed by atoms with E-state index in [1.807, 2.05) is 13.8 Å². The van der Waals surface area contributed by atoms with Gasteiger partial charge in [-0.05, 0) is 25.0 Å². The average Bonchev–Trinajstić information content (AvgIpc) is 2.91. The van der Waals surface area contributed by atoms with E-state index in [0.717, 1.165) is 0 Å². The zero-order valence-electron chi connectivity index (χ0n) is 11.8. The zero-order chi connectivity index (χ0) is 14.8. The lowest BCUT2D eigenvalue weighted by molar-refractivity contribution is -0.0306. The Morgan fingerprint density at radius 2 is 1.95 bits per heavy atom.